The van der Waals surface area contributed by atoms with Crippen molar-refractivity contribution in [1.29, 1.82) is 0 Å². The zero-order chi connectivity index (χ0) is 16.1. The Hall–Kier alpha value is -1.35. The third kappa shape index (κ3) is 4.33. The van der Waals surface area contributed by atoms with Gasteiger partial charge in [-0.15, -0.1) is 0 Å². The van der Waals surface area contributed by atoms with E-state index in [1.54, 1.807) is 0 Å². The first-order valence-corrected chi connectivity index (χ1v) is 8.49. The van der Waals surface area contributed by atoms with Gasteiger partial charge in [0.25, 0.3) is 0 Å². The summed E-state index contributed by atoms with van der Waals surface area (Å²) in [6.45, 7) is 7.63. The predicted octanol–water partition coefficient (Wildman–Crippen LogP) is 3.12. The molecule has 3 atom stereocenters. The van der Waals surface area contributed by atoms with Crippen molar-refractivity contribution in [1.82, 2.24) is 4.90 Å². The summed E-state index contributed by atoms with van der Waals surface area (Å²) in [6.07, 6.45) is 2.49. The molecule has 1 saturated heterocycles. The van der Waals surface area contributed by atoms with Gasteiger partial charge in [-0.2, -0.15) is 0 Å². The van der Waals surface area contributed by atoms with Crippen LogP contribution in [-0.4, -0.2) is 35.1 Å². The normalized spacial score (nSPS) is 21.7. The minimum atomic E-state index is -0.331. The van der Waals surface area contributed by atoms with Gasteiger partial charge < -0.3 is 10.0 Å². The van der Waals surface area contributed by atoms with E-state index in [9.17, 15) is 9.90 Å². The van der Waals surface area contributed by atoms with Gasteiger partial charge in [0.2, 0.25) is 5.91 Å². The molecule has 1 fully saturated rings. The van der Waals surface area contributed by atoms with Crippen LogP contribution < -0.4 is 0 Å². The van der Waals surface area contributed by atoms with Crippen molar-refractivity contribution < 1.29 is 9.90 Å². The van der Waals surface area contributed by atoms with Crippen LogP contribution in [0.1, 0.15) is 39.2 Å². The summed E-state index contributed by atoms with van der Waals surface area (Å²) in [5.41, 5.74) is 1.22. The van der Waals surface area contributed by atoms with E-state index in [1.165, 1.54) is 5.56 Å². The Kier molecular flexibility index (Phi) is 6.01. The molecule has 1 amide bonds. The average Bonchev–Trinajstić information content (AvgIpc) is 2.53. The number of benzene rings is 1. The van der Waals surface area contributed by atoms with Gasteiger partial charge in [0.1, 0.15) is 0 Å². The van der Waals surface area contributed by atoms with Crippen LogP contribution in [0.15, 0.2) is 30.3 Å². The molecule has 1 aliphatic heterocycles. The fourth-order valence-electron chi connectivity index (χ4n) is 3.31. The minimum Gasteiger partial charge on any atom is -0.393 e. The monoisotopic (exact) mass is 303 g/mol. The van der Waals surface area contributed by atoms with Crippen molar-refractivity contribution in [3.63, 3.8) is 0 Å². The number of aliphatic hydroxyl groups is 1. The lowest BCUT2D eigenvalue weighted by atomic mass is 9.86. The molecule has 0 aliphatic carbocycles. The smallest absolute Gasteiger partial charge is 0.226 e. The van der Waals surface area contributed by atoms with E-state index in [-0.39, 0.29) is 23.8 Å². The fourth-order valence-corrected chi connectivity index (χ4v) is 3.31. The zero-order valence-corrected chi connectivity index (χ0v) is 14.0. The number of hydrogen-bond acceptors (Lipinski definition) is 2. The highest BCUT2D eigenvalue weighted by molar-refractivity contribution is 5.79. The largest absolute Gasteiger partial charge is 0.393 e. The molecule has 122 valence electrons. The van der Waals surface area contributed by atoms with Gasteiger partial charge in [-0.05, 0) is 37.7 Å². The second-order valence-electron chi connectivity index (χ2n) is 6.97. The van der Waals surface area contributed by atoms with Crippen LogP contribution in [0.25, 0.3) is 0 Å². The molecular formula is C19H29NO2. The molecule has 0 aromatic heterocycles. The van der Waals surface area contributed by atoms with E-state index in [0.29, 0.717) is 12.5 Å². The Bertz CT molecular complexity index is 470. The van der Waals surface area contributed by atoms with E-state index in [4.69, 9.17) is 0 Å². The molecule has 1 N–H and O–H groups in total. The van der Waals surface area contributed by atoms with Gasteiger partial charge in [0.05, 0.1) is 6.10 Å². The zero-order valence-electron chi connectivity index (χ0n) is 14.0. The lowest BCUT2D eigenvalue weighted by Crippen LogP contribution is -2.46. The quantitative estimate of drug-likeness (QED) is 0.908. The second-order valence-corrected chi connectivity index (χ2v) is 6.97. The van der Waals surface area contributed by atoms with Crippen molar-refractivity contribution in [3.05, 3.63) is 35.9 Å². The van der Waals surface area contributed by atoms with Crippen LogP contribution in [0.5, 0.6) is 0 Å². The summed E-state index contributed by atoms with van der Waals surface area (Å²) in [7, 11) is 0. The molecule has 1 heterocycles. The first-order chi connectivity index (χ1) is 10.5. The molecule has 3 unspecified atom stereocenters. The molecule has 1 aromatic rings. The maximum atomic E-state index is 13.0. The van der Waals surface area contributed by atoms with Crippen molar-refractivity contribution in [2.45, 2.75) is 46.1 Å². The number of likely N-dealkylation sites (tertiary alicyclic amines) is 1. The molecule has 1 aromatic carbocycles. The summed E-state index contributed by atoms with van der Waals surface area (Å²) < 4.78 is 0. The van der Waals surface area contributed by atoms with E-state index in [0.717, 1.165) is 25.8 Å². The predicted molar refractivity (Wildman–Crippen MR) is 89.5 cm³/mol. The Morgan fingerprint density at radius 1 is 1.27 bits per heavy atom. The van der Waals surface area contributed by atoms with Gasteiger partial charge in [-0.25, -0.2) is 0 Å². The molecule has 0 spiro atoms. The van der Waals surface area contributed by atoms with Crippen LogP contribution in [0.4, 0.5) is 0 Å². The first-order valence-electron chi connectivity index (χ1n) is 8.49. The maximum absolute atomic E-state index is 13.0. The first kappa shape index (κ1) is 17.0. The second kappa shape index (κ2) is 7.77. The molecule has 3 heteroatoms. The van der Waals surface area contributed by atoms with Crippen molar-refractivity contribution in [2.24, 2.45) is 17.8 Å². The number of rotatable bonds is 5. The minimum absolute atomic E-state index is 0.0233. The molecule has 3 nitrogen and oxygen atoms in total. The Balaban J connectivity index is 2.06. The topological polar surface area (TPSA) is 40.5 Å². The number of nitrogens with zero attached hydrogens (tertiary/aromatic N) is 1. The van der Waals surface area contributed by atoms with E-state index in [1.807, 2.05) is 30.0 Å². The van der Waals surface area contributed by atoms with Gasteiger partial charge in [0, 0.05) is 24.9 Å². The Morgan fingerprint density at radius 2 is 1.95 bits per heavy atom. The molecule has 0 saturated carbocycles. The Labute approximate surface area is 134 Å². The number of carbonyl (C=O) groups is 1. The number of carbonyl (C=O) groups excluding carboxylic acids is 1. The number of amides is 1. The van der Waals surface area contributed by atoms with Crippen molar-refractivity contribution in [3.8, 4) is 0 Å². The molecule has 22 heavy (non-hydrogen) atoms. The summed E-state index contributed by atoms with van der Waals surface area (Å²) in [6, 6.07) is 10.3. The van der Waals surface area contributed by atoms with Gasteiger partial charge >= 0.3 is 0 Å². The Morgan fingerprint density at radius 3 is 2.55 bits per heavy atom. The van der Waals surface area contributed by atoms with Crippen LogP contribution in [-0.2, 0) is 11.2 Å². The molecule has 1 aliphatic rings. The third-order valence-electron chi connectivity index (χ3n) is 4.87. The average molecular weight is 303 g/mol. The van der Waals surface area contributed by atoms with E-state index in [2.05, 4.69) is 26.0 Å². The standard InChI is InChI=1S/C19H29NO2/c1-14(2)18(12-16-8-5-4-6-9-16)19(22)20-11-7-10-17(13-20)15(3)21/h4-6,8-9,14-15,17-18,21H,7,10-13H2,1-3H3. The summed E-state index contributed by atoms with van der Waals surface area (Å²) in [5.74, 6) is 0.821. The summed E-state index contributed by atoms with van der Waals surface area (Å²) in [4.78, 5) is 14.9. The van der Waals surface area contributed by atoms with Crippen LogP contribution >= 0.6 is 0 Å². The lowest BCUT2D eigenvalue weighted by molar-refractivity contribution is -0.139. The highest BCUT2D eigenvalue weighted by Gasteiger charge is 2.31. The number of hydrogen-bond donors (Lipinski definition) is 1. The SMILES string of the molecule is CC(C)C(Cc1ccccc1)C(=O)N1CCCC(C(C)O)C1. The lowest BCUT2D eigenvalue weighted by Gasteiger charge is -2.37. The highest BCUT2D eigenvalue weighted by Crippen LogP contribution is 2.25. The molecule has 0 bridgehead atoms. The third-order valence-corrected chi connectivity index (χ3v) is 4.87. The van der Waals surface area contributed by atoms with Crippen molar-refractivity contribution >= 4 is 5.91 Å². The van der Waals surface area contributed by atoms with Crippen LogP contribution in [0.2, 0.25) is 0 Å². The molecule has 0 radical (unpaired) electrons. The maximum Gasteiger partial charge on any atom is 0.226 e. The highest BCUT2D eigenvalue weighted by atomic mass is 16.3. The van der Waals surface area contributed by atoms with E-state index < -0.39 is 0 Å². The van der Waals surface area contributed by atoms with E-state index >= 15 is 0 Å². The van der Waals surface area contributed by atoms with Gasteiger partial charge in [-0.3, -0.25) is 4.79 Å². The van der Waals surface area contributed by atoms with Gasteiger partial charge in [0.15, 0.2) is 0 Å². The number of piperidine rings is 1. The number of aliphatic hydroxyl groups excluding tert-OH is 1. The van der Waals surface area contributed by atoms with Crippen molar-refractivity contribution in [2.75, 3.05) is 13.1 Å². The fraction of sp³-hybridized carbons (Fsp3) is 0.632. The molecular weight excluding hydrogens is 274 g/mol. The van der Waals surface area contributed by atoms with Gasteiger partial charge in [-0.1, -0.05) is 44.2 Å². The summed E-state index contributed by atoms with van der Waals surface area (Å²) >= 11 is 0. The van der Waals surface area contributed by atoms with Crippen LogP contribution in [0.3, 0.4) is 0 Å². The molecule has 2 rings (SSSR count). The van der Waals surface area contributed by atoms with Crippen LogP contribution in [0, 0.1) is 17.8 Å². The summed E-state index contributed by atoms with van der Waals surface area (Å²) in [5, 5.41) is 9.82.